The molecule has 1 saturated heterocycles. The van der Waals surface area contributed by atoms with Gasteiger partial charge in [0.2, 0.25) is 0 Å². The second-order valence-electron chi connectivity index (χ2n) is 13.8. The second-order valence-corrected chi connectivity index (χ2v) is 82.4. The van der Waals surface area contributed by atoms with Crippen molar-refractivity contribution in [3.63, 3.8) is 0 Å². The van der Waals surface area contributed by atoms with Crippen molar-refractivity contribution in [3.8, 4) is 0 Å². The Morgan fingerprint density at radius 2 is 0.500 bits per heavy atom. The van der Waals surface area contributed by atoms with Crippen LogP contribution in [0.5, 0.6) is 0 Å². The quantitative estimate of drug-likeness (QED) is 0.288. The second kappa shape index (κ2) is 5.98. The van der Waals surface area contributed by atoms with Crippen LogP contribution < -0.4 is 0 Å². The molecular formula is C18H48Si4Sn2. The molecule has 0 amide bonds. The van der Waals surface area contributed by atoms with E-state index in [2.05, 4.69) is 98.3 Å². The number of hydrogen-bond acceptors (Lipinski definition) is 0. The molecule has 24 heavy (non-hydrogen) atoms. The van der Waals surface area contributed by atoms with Crippen LogP contribution in [0.4, 0.5) is 0 Å². The zero-order valence-electron chi connectivity index (χ0n) is 20.0. The molecule has 0 aromatic rings. The van der Waals surface area contributed by atoms with E-state index in [9.17, 15) is 0 Å². The number of rotatable bonds is 4. The molecule has 1 heterocycles. The topological polar surface area (TPSA) is 0 Å². The first kappa shape index (κ1) is 24.5. The summed E-state index contributed by atoms with van der Waals surface area (Å²) in [7, 11) is -4.74. The van der Waals surface area contributed by atoms with Gasteiger partial charge in [-0.25, -0.2) is 0 Å². The summed E-state index contributed by atoms with van der Waals surface area (Å²) in [6.07, 6.45) is 0. The van der Waals surface area contributed by atoms with Crippen LogP contribution in [0.3, 0.4) is 0 Å². The molecule has 0 aromatic carbocycles. The Hall–Kier alpha value is 2.46. The molecule has 0 aliphatic carbocycles. The van der Waals surface area contributed by atoms with Gasteiger partial charge in [0.25, 0.3) is 0 Å². The molecule has 0 atom stereocenters. The molecule has 1 aliphatic rings. The zero-order valence-corrected chi connectivity index (χ0v) is 29.7. The predicted octanol–water partition coefficient (Wildman–Crippen LogP) is 7.49. The van der Waals surface area contributed by atoms with Crippen LogP contribution >= 0.6 is 0 Å². The van der Waals surface area contributed by atoms with Gasteiger partial charge in [0.15, 0.2) is 0 Å². The Labute approximate surface area is 167 Å². The van der Waals surface area contributed by atoms with Gasteiger partial charge >= 0.3 is 169 Å². The number of hydrogen-bond donors (Lipinski definition) is 0. The molecule has 6 heteroatoms. The standard InChI is InChI=1S/2C7H18Si2.4CH3.2Sn/c2*1-8(2,3)7-9(4,5)6;;;;;;/h2*1-6H3;4*1H3;;. The Morgan fingerprint density at radius 3 is 0.583 bits per heavy atom. The Morgan fingerprint density at radius 1 is 0.375 bits per heavy atom. The van der Waals surface area contributed by atoms with Crippen molar-refractivity contribution in [2.45, 2.75) is 99.7 Å². The van der Waals surface area contributed by atoms with E-state index >= 15 is 0 Å². The molecule has 0 bridgehead atoms. The summed E-state index contributed by atoms with van der Waals surface area (Å²) in [5.41, 5.74) is 0. The predicted molar refractivity (Wildman–Crippen MR) is 134 cm³/mol. The van der Waals surface area contributed by atoms with Gasteiger partial charge in [0, 0.05) is 0 Å². The van der Waals surface area contributed by atoms with Crippen LogP contribution in [0, 0.1) is 0 Å². The maximum absolute atomic E-state index is 2.99. The molecule has 0 spiro atoms. The summed E-state index contributed by atoms with van der Waals surface area (Å²) in [6.45, 7) is 33.5. The Bertz CT molecular complexity index is 419. The van der Waals surface area contributed by atoms with Crippen molar-refractivity contribution in [1.29, 1.82) is 0 Å². The molecule has 0 unspecified atom stereocenters. The van der Waals surface area contributed by atoms with Crippen molar-refractivity contribution < 1.29 is 0 Å². The van der Waals surface area contributed by atoms with E-state index in [0.29, 0.717) is 0 Å². The summed E-state index contributed by atoms with van der Waals surface area (Å²) >= 11 is -4.65. The van der Waals surface area contributed by atoms with Gasteiger partial charge < -0.3 is 0 Å². The van der Waals surface area contributed by atoms with Gasteiger partial charge in [-0.2, -0.15) is 0 Å². The van der Waals surface area contributed by atoms with E-state index in [0.717, 1.165) is 1.39 Å². The normalized spacial score (nSPS) is 26.0. The maximum atomic E-state index is 2.99. The molecule has 1 rings (SSSR count). The monoisotopic (exact) mass is 616 g/mol. The fraction of sp³-hybridized carbons (Fsp3) is 1.00. The van der Waals surface area contributed by atoms with Crippen LogP contribution in [0.25, 0.3) is 0 Å². The summed E-state index contributed by atoms with van der Waals surface area (Å²) < 4.78 is 2.01. The van der Waals surface area contributed by atoms with E-state index in [-0.39, 0.29) is 0 Å². The minimum absolute atomic E-state index is 1.00. The summed E-state index contributed by atoms with van der Waals surface area (Å²) in [5.74, 6) is 0. The van der Waals surface area contributed by atoms with Gasteiger partial charge in [-0.1, -0.05) is 0 Å². The first-order chi connectivity index (χ1) is 10.0. The molecule has 0 aromatic heterocycles. The average molecular weight is 614 g/mol. The molecule has 0 saturated carbocycles. The molecule has 1 aliphatic heterocycles. The SMILES string of the molecule is C[Si](C)(C)[C]1([Si](C)(C)C)[Sn]([CH3])([CH3])[C]([Si](C)(C)C)([Si](C)(C)C)[Sn]1([CH3])[CH3]. The van der Waals surface area contributed by atoms with Gasteiger partial charge in [-0.15, -0.1) is 0 Å². The van der Waals surface area contributed by atoms with Gasteiger partial charge in [-0.3, -0.25) is 0 Å². The summed E-state index contributed by atoms with van der Waals surface area (Å²) in [6, 6.07) is 0. The molecule has 0 nitrogen and oxygen atoms in total. The van der Waals surface area contributed by atoms with E-state index in [1.54, 1.807) is 0 Å². The molecule has 1 fully saturated rings. The van der Waals surface area contributed by atoms with Crippen LogP contribution in [0.1, 0.15) is 0 Å². The van der Waals surface area contributed by atoms with Crippen molar-refractivity contribution >= 4 is 69.0 Å². The first-order valence-electron chi connectivity index (χ1n) is 10.0. The Kier molecular flexibility index (Phi) is 6.11. The third kappa shape index (κ3) is 2.43. The minimum atomic E-state index is -2.32. The third-order valence-electron chi connectivity index (χ3n) is 8.25. The van der Waals surface area contributed by atoms with Crippen molar-refractivity contribution in [3.05, 3.63) is 0 Å². The summed E-state index contributed by atoms with van der Waals surface area (Å²) in [5, 5.41) is 0. The average Bonchev–Trinajstić information content (AvgIpc) is 2.01. The third-order valence-corrected chi connectivity index (χ3v) is 180. The van der Waals surface area contributed by atoms with Gasteiger partial charge in [0.1, 0.15) is 0 Å². The zero-order chi connectivity index (χ0) is 20.0. The van der Waals surface area contributed by atoms with Crippen molar-refractivity contribution in [2.75, 3.05) is 0 Å². The van der Waals surface area contributed by atoms with E-state index < -0.39 is 69.0 Å². The van der Waals surface area contributed by atoms with Gasteiger partial charge in [-0.05, 0) is 0 Å². The fourth-order valence-corrected chi connectivity index (χ4v) is 290. The Balaban J connectivity index is 4.09. The van der Waals surface area contributed by atoms with Gasteiger partial charge in [0.05, 0.1) is 0 Å². The molecular weight excluding hydrogens is 566 g/mol. The van der Waals surface area contributed by atoms with Crippen molar-refractivity contribution in [2.24, 2.45) is 0 Å². The molecule has 144 valence electrons. The van der Waals surface area contributed by atoms with Crippen LogP contribution in [0.15, 0.2) is 0 Å². The molecule has 0 radical (unpaired) electrons. The van der Waals surface area contributed by atoms with E-state index in [4.69, 9.17) is 0 Å². The van der Waals surface area contributed by atoms with Crippen LogP contribution in [-0.4, -0.2) is 69.0 Å². The summed E-state index contributed by atoms with van der Waals surface area (Å²) in [4.78, 5) is 12.0. The van der Waals surface area contributed by atoms with E-state index in [1.807, 2.05) is 0 Å². The molecule has 0 N–H and O–H groups in total. The van der Waals surface area contributed by atoms with Crippen LogP contribution in [0.2, 0.25) is 99.7 Å². The van der Waals surface area contributed by atoms with E-state index in [1.165, 1.54) is 0 Å². The fourth-order valence-electron chi connectivity index (χ4n) is 11.8. The first-order valence-corrected chi connectivity index (χ1v) is 41.1. The van der Waals surface area contributed by atoms with Crippen molar-refractivity contribution in [1.82, 2.24) is 0 Å². The van der Waals surface area contributed by atoms with Crippen LogP contribution in [-0.2, 0) is 0 Å².